The molecule has 0 heterocycles. The highest BCUT2D eigenvalue weighted by Gasteiger charge is 2.29. The fourth-order valence-corrected chi connectivity index (χ4v) is 1.83. The zero-order valence-corrected chi connectivity index (χ0v) is 10.2. The molecule has 1 saturated carbocycles. The molecule has 2 heteroatoms. The number of hydrogen-bond acceptors (Lipinski definition) is 2. The zero-order chi connectivity index (χ0) is 10.6. The number of hydrogen-bond donors (Lipinski definition) is 1. The van der Waals surface area contributed by atoms with Crippen molar-refractivity contribution < 1.29 is 0 Å². The molecular formula is C12H26N2. The van der Waals surface area contributed by atoms with Gasteiger partial charge in [-0.05, 0) is 46.1 Å². The van der Waals surface area contributed by atoms with Crippen LogP contribution in [0.15, 0.2) is 0 Å². The van der Waals surface area contributed by atoms with Gasteiger partial charge in [0.1, 0.15) is 0 Å². The van der Waals surface area contributed by atoms with Crippen molar-refractivity contribution in [2.45, 2.75) is 52.1 Å². The molecule has 84 valence electrons. The maximum Gasteiger partial charge on any atom is 0.0107 e. The fraction of sp³-hybridized carbons (Fsp3) is 1.00. The van der Waals surface area contributed by atoms with Crippen LogP contribution in [0, 0.1) is 5.92 Å². The van der Waals surface area contributed by atoms with E-state index in [0.29, 0.717) is 6.04 Å². The van der Waals surface area contributed by atoms with E-state index in [4.69, 9.17) is 0 Å². The Hall–Kier alpha value is -0.0800. The van der Waals surface area contributed by atoms with Crippen molar-refractivity contribution in [2.75, 3.05) is 20.1 Å². The van der Waals surface area contributed by atoms with Gasteiger partial charge >= 0.3 is 0 Å². The van der Waals surface area contributed by atoms with Crippen LogP contribution in [0.4, 0.5) is 0 Å². The van der Waals surface area contributed by atoms with Crippen molar-refractivity contribution in [1.82, 2.24) is 10.2 Å². The highest BCUT2D eigenvalue weighted by Crippen LogP contribution is 2.33. The smallest absolute Gasteiger partial charge is 0.0107 e. The van der Waals surface area contributed by atoms with E-state index < -0.39 is 0 Å². The molecule has 0 bridgehead atoms. The quantitative estimate of drug-likeness (QED) is 0.674. The van der Waals surface area contributed by atoms with Gasteiger partial charge in [-0.1, -0.05) is 6.92 Å². The Morgan fingerprint density at radius 3 is 2.43 bits per heavy atom. The van der Waals surface area contributed by atoms with Gasteiger partial charge in [-0.25, -0.2) is 0 Å². The van der Waals surface area contributed by atoms with Gasteiger partial charge in [-0.15, -0.1) is 0 Å². The summed E-state index contributed by atoms with van der Waals surface area (Å²) in [5.41, 5.74) is 0. The predicted octanol–water partition coefficient (Wildman–Crippen LogP) is 2.10. The minimum Gasteiger partial charge on any atom is -0.312 e. The van der Waals surface area contributed by atoms with E-state index in [1.807, 2.05) is 0 Å². The summed E-state index contributed by atoms with van der Waals surface area (Å²) in [6.45, 7) is 9.10. The molecule has 14 heavy (non-hydrogen) atoms. The molecular weight excluding hydrogens is 172 g/mol. The van der Waals surface area contributed by atoms with Crippen molar-refractivity contribution in [2.24, 2.45) is 5.92 Å². The second-order valence-electron chi connectivity index (χ2n) is 4.88. The fourth-order valence-electron chi connectivity index (χ4n) is 1.83. The van der Waals surface area contributed by atoms with Crippen LogP contribution in [0.1, 0.15) is 40.0 Å². The van der Waals surface area contributed by atoms with Gasteiger partial charge in [0.05, 0.1) is 0 Å². The molecule has 0 aromatic carbocycles. The molecule has 2 nitrogen and oxygen atoms in total. The first kappa shape index (κ1) is 12.0. The molecule has 1 aliphatic rings. The number of nitrogens with one attached hydrogen (secondary N) is 1. The van der Waals surface area contributed by atoms with E-state index in [-0.39, 0.29) is 0 Å². The van der Waals surface area contributed by atoms with Gasteiger partial charge in [0.25, 0.3) is 0 Å². The summed E-state index contributed by atoms with van der Waals surface area (Å²) in [6, 6.07) is 1.45. The summed E-state index contributed by atoms with van der Waals surface area (Å²) >= 11 is 0. The first-order valence-corrected chi connectivity index (χ1v) is 6.08. The molecule has 0 spiro atoms. The molecule has 0 amide bonds. The van der Waals surface area contributed by atoms with E-state index in [1.54, 1.807) is 0 Å². The van der Waals surface area contributed by atoms with Crippen molar-refractivity contribution in [3.63, 3.8) is 0 Å². The molecule has 0 aliphatic heterocycles. The third-order valence-electron chi connectivity index (χ3n) is 3.38. The number of nitrogens with zero attached hydrogens (tertiary/aromatic N) is 1. The third kappa shape index (κ3) is 3.97. The van der Waals surface area contributed by atoms with Crippen LogP contribution in [0.25, 0.3) is 0 Å². The maximum absolute atomic E-state index is 3.68. The maximum atomic E-state index is 3.68. The molecule has 1 N–H and O–H groups in total. The Bertz CT molecular complexity index is 152. The van der Waals surface area contributed by atoms with Gasteiger partial charge < -0.3 is 10.2 Å². The van der Waals surface area contributed by atoms with Gasteiger partial charge in [-0.3, -0.25) is 0 Å². The molecule has 0 saturated heterocycles. The Morgan fingerprint density at radius 2 is 2.00 bits per heavy atom. The highest BCUT2D eigenvalue weighted by molar-refractivity contribution is 4.85. The topological polar surface area (TPSA) is 15.3 Å². The molecule has 1 rings (SSSR count). The lowest BCUT2D eigenvalue weighted by Crippen LogP contribution is -2.38. The standard InChI is InChI=1S/C12H26N2/c1-5-12(11-6-7-11)13-8-9-14(4)10(2)3/h10-13H,5-9H2,1-4H3. The molecule has 0 aromatic heterocycles. The van der Waals surface area contributed by atoms with Crippen LogP contribution in [-0.4, -0.2) is 37.1 Å². The van der Waals surface area contributed by atoms with E-state index in [1.165, 1.54) is 25.8 Å². The lowest BCUT2D eigenvalue weighted by Gasteiger charge is -2.23. The first-order valence-electron chi connectivity index (χ1n) is 6.08. The normalized spacial score (nSPS) is 19.3. The largest absolute Gasteiger partial charge is 0.312 e. The number of rotatable bonds is 7. The van der Waals surface area contributed by atoms with Crippen molar-refractivity contribution in [3.8, 4) is 0 Å². The summed E-state index contributed by atoms with van der Waals surface area (Å²) < 4.78 is 0. The minimum atomic E-state index is 0.665. The van der Waals surface area contributed by atoms with Gasteiger partial charge in [0.2, 0.25) is 0 Å². The van der Waals surface area contributed by atoms with E-state index in [0.717, 1.165) is 18.5 Å². The van der Waals surface area contributed by atoms with Crippen LogP contribution in [0.2, 0.25) is 0 Å². The molecule has 0 aromatic rings. The van der Waals surface area contributed by atoms with Gasteiger partial charge in [0, 0.05) is 25.2 Å². The summed E-state index contributed by atoms with van der Waals surface area (Å²) in [7, 11) is 2.20. The Labute approximate surface area is 89.1 Å². The van der Waals surface area contributed by atoms with Gasteiger partial charge in [0.15, 0.2) is 0 Å². The van der Waals surface area contributed by atoms with Crippen LogP contribution in [-0.2, 0) is 0 Å². The average molecular weight is 198 g/mol. The second kappa shape index (κ2) is 5.72. The Balaban J connectivity index is 2.06. The van der Waals surface area contributed by atoms with E-state index >= 15 is 0 Å². The molecule has 1 atom stereocenters. The summed E-state index contributed by atoms with van der Waals surface area (Å²) in [5.74, 6) is 0.990. The monoisotopic (exact) mass is 198 g/mol. The van der Waals surface area contributed by atoms with Crippen molar-refractivity contribution >= 4 is 0 Å². The SMILES string of the molecule is CCC(NCCN(C)C(C)C)C1CC1. The third-order valence-corrected chi connectivity index (χ3v) is 3.38. The molecule has 1 unspecified atom stereocenters. The van der Waals surface area contributed by atoms with Crippen LogP contribution in [0.5, 0.6) is 0 Å². The van der Waals surface area contributed by atoms with E-state index in [9.17, 15) is 0 Å². The number of likely N-dealkylation sites (N-methyl/N-ethyl adjacent to an activating group) is 1. The minimum absolute atomic E-state index is 0.665. The van der Waals surface area contributed by atoms with Crippen LogP contribution in [0.3, 0.4) is 0 Å². The summed E-state index contributed by atoms with van der Waals surface area (Å²) in [6.07, 6.45) is 4.19. The summed E-state index contributed by atoms with van der Waals surface area (Å²) in [5, 5.41) is 3.68. The highest BCUT2D eigenvalue weighted by atomic mass is 15.1. The predicted molar refractivity (Wildman–Crippen MR) is 62.6 cm³/mol. The van der Waals surface area contributed by atoms with E-state index in [2.05, 4.69) is 38.0 Å². The van der Waals surface area contributed by atoms with Crippen molar-refractivity contribution in [1.29, 1.82) is 0 Å². The molecule has 1 fully saturated rings. The average Bonchev–Trinajstić information content (AvgIpc) is 2.95. The van der Waals surface area contributed by atoms with Gasteiger partial charge in [-0.2, -0.15) is 0 Å². The van der Waals surface area contributed by atoms with Crippen LogP contribution < -0.4 is 5.32 Å². The Kier molecular flexibility index (Phi) is 4.90. The van der Waals surface area contributed by atoms with Crippen molar-refractivity contribution in [3.05, 3.63) is 0 Å². The second-order valence-corrected chi connectivity index (χ2v) is 4.88. The first-order chi connectivity index (χ1) is 6.65. The zero-order valence-electron chi connectivity index (χ0n) is 10.2. The van der Waals surface area contributed by atoms with Crippen LogP contribution >= 0.6 is 0 Å². The Morgan fingerprint density at radius 1 is 1.36 bits per heavy atom. The molecule has 1 aliphatic carbocycles. The lowest BCUT2D eigenvalue weighted by molar-refractivity contribution is 0.265. The summed E-state index contributed by atoms with van der Waals surface area (Å²) in [4.78, 5) is 2.40. The molecule has 0 radical (unpaired) electrons. The lowest BCUT2D eigenvalue weighted by atomic mass is 10.1.